The van der Waals surface area contributed by atoms with Gasteiger partial charge in [0, 0.05) is 19.3 Å². The number of methoxy groups -OCH3 is 1. The van der Waals surface area contributed by atoms with Gasteiger partial charge in [-0.05, 0) is 61.9 Å². The Morgan fingerprint density at radius 2 is 1.88 bits per heavy atom. The van der Waals surface area contributed by atoms with E-state index in [4.69, 9.17) is 4.74 Å². The molecule has 0 unspecified atom stereocenters. The molecule has 26 heavy (non-hydrogen) atoms. The number of sulfonamides is 1. The lowest BCUT2D eigenvalue weighted by atomic mass is 10.0. The quantitative estimate of drug-likeness (QED) is 0.803. The maximum Gasteiger partial charge on any atom is 0.240 e. The number of rotatable bonds is 7. The third-order valence-corrected chi connectivity index (χ3v) is 6.37. The lowest BCUT2D eigenvalue weighted by Gasteiger charge is -2.16. The molecular formula is C19H29N3O3S. The van der Waals surface area contributed by atoms with Gasteiger partial charge in [0.15, 0.2) is 0 Å². The molecule has 0 aliphatic heterocycles. The van der Waals surface area contributed by atoms with Crippen LogP contribution in [0.25, 0.3) is 0 Å². The Bertz CT molecular complexity index is 899. The van der Waals surface area contributed by atoms with Crippen LogP contribution in [0, 0.1) is 20.8 Å². The maximum atomic E-state index is 12.8. The van der Waals surface area contributed by atoms with Crippen LogP contribution in [0.2, 0.25) is 0 Å². The van der Waals surface area contributed by atoms with Crippen LogP contribution < -0.4 is 9.46 Å². The Hall–Kier alpha value is -1.86. The van der Waals surface area contributed by atoms with E-state index in [0.29, 0.717) is 23.4 Å². The fourth-order valence-corrected chi connectivity index (χ4v) is 4.45. The normalized spacial score (nSPS) is 12.0. The fourth-order valence-electron chi connectivity index (χ4n) is 3.16. The number of aromatic nitrogens is 2. The molecule has 2 aromatic rings. The number of aryl methyl sites for hydroxylation is 3. The minimum absolute atomic E-state index is 0.167. The van der Waals surface area contributed by atoms with E-state index in [-0.39, 0.29) is 5.92 Å². The second-order valence-corrected chi connectivity index (χ2v) is 8.67. The maximum absolute atomic E-state index is 12.8. The van der Waals surface area contributed by atoms with E-state index in [1.807, 2.05) is 39.4 Å². The molecule has 0 amide bonds. The van der Waals surface area contributed by atoms with Crippen LogP contribution in [0.1, 0.15) is 47.8 Å². The first-order valence-corrected chi connectivity index (χ1v) is 10.2. The van der Waals surface area contributed by atoms with E-state index >= 15 is 0 Å². The van der Waals surface area contributed by atoms with Gasteiger partial charge in [-0.25, -0.2) is 13.1 Å². The van der Waals surface area contributed by atoms with Crippen molar-refractivity contribution in [2.75, 3.05) is 13.7 Å². The van der Waals surface area contributed by atoms with Crippen molar-refractivity contribution >= 4 is 10.0 Å². The van der Waals surface area contributed by atoms with Crippen LogP contribution in [0.15, 0.2) is 17.0 Å². The van der Waals surface area contributed by atoms with E-state index in [0.717, 1.165) is 28.3 Å². The number of ether oxygens (including phenoxy) is 1. The molecule has 6 nitrogen and oxygen atoms in total. The number of nitrogens with zero attached hydrogens (tertiary/aromatic N) is 2. The Morgan fingerprint density at radius 1 is 1.23 bits per heavy atom. The monoisotopic (exact) mass is 379 g/mol. The van der Waals surface area contributed by atoms with Crippen molar-refractivity contribution in [2.24, 2.45) is 7.05 Å². The molecule has 1 aromatic carbocycles. The molecular weight excluding hydrogens is 350 g/mol. The second-order valence-electron chi connectivity index (χ2n) is 6.94. The van der Waals surface area contributed by atoms with Crippen LogP contribution in [-0.2, 0) is 23.5 Å². The minimum Gasteiger partial charge on any atom is -0.496 e. The third kappa shape index (κ3) is 4.10. The Morgan fingerprint density at radius 3 is 2.38 bits per heavy atom. The number of hydrogen-bond donors (Lipinski definition) is 1. The van der Waals surface area contributed by atoms with Crippen molar-refractivity contribution in [3.8, 4) is 5.75 Å². The standard InChI is InChI=1S/C19H29N3O3S/c1-12(2)17-11-19(13(3)10-18(17)25-7)26(23,24)20-9-8-16-14(4)21-22(6)15(16)5/h10-12,20H,8-9H2,1-7H3. The average molecular weight is 380 g/mol. The Kier molecular flexibility index (Phi) is 6.13. The van der Waals surface area contributed by atoms with Crippen molar-refractivity contribution in [3.63, 3.8) is 0 Å². The summed E-state index contributed by atoms with van der Waals surface area (Å²) in [7, 11) is -0.0979. The zero-order valence-corrected chi connectivity index (χ0v) is 17.5. The van der Waals surface area contributed by atoms with Crippen molar-refractivity contribution in [1.29, 1.82) is 0 Å². The summed E-state index contributed by atoms with van der Waals surface area (Å²) >= 11 is 0. The van der Waals surface area contributed by atoms with E-state index in [1.54, 1.807) is 26.2 Å². The highest BCUT2D eigenvalue weighted by atomic mass is 32.2. The first kappa shape index (κ1) is 20.5. The van der Waals surface area contributed by atoms with Crippen LogP contribution in [0.4, 0.5) is 0 Å². The second kappa shape index (κ2) is 7.80. The topological polar surface area (TPSA) is 73.2 Å². The van der Waals surface area contributed by atoms with Gasteiger partial charge in [-0.15, -0.1) is 0 Å². The van der Waals surface area contributed by atoms with Gasteiger partial charge in [-0.3, -0.25) is 4.68 Å². The number of benzene rings is 1. The van der Waals surface area contributed by atoms with E-state index in [9.17, 15) is 8.42 Å². The van der Waals surface area contributed by atoms with E-state index in [1.165, 1.54) is 0 Å². The summed E-state index contributed by atoms with van der Waals surface area (Å²) in [6.45, 7) is 10.1. The van der Waals surface area contributed by atoms with Gasteiger partial charge in [0.2, 0.25) is 10.0 Å². The molecule has 0 fully saturated rings. The zero-order valence-electron chi connectivity index (χ0n) is 16.7. The van der Waals surface area contributed by atoms with Crippen LogP contribution >= 0.6 is 0 Å². The van der Waals surface area contributed by atoms with Gasteiger partial charge >= 0.3 is 0 Å². The highest BCUT2D eigenvalue weighted by molar-refractivity contribution is 7.89. The van der Waals surface area contributed by atoms with Crippen molar-refractivity contribution < 1.29 is 13.2 Å². The highest BCUT2D eigenvalue weighted by Gasteiger charge is 2.21. The number of nitrogens with one attached hydrogen (secondary N) is 1. The Labute approximate surface area is 156 Å². The van der Waals surface area contributed by atoms with E-state index < -0.39 is 10.0 Å². The van der Waals surface area contributed by atoms with Gasteiger partial charge in [0.05, 0.1) is 17.7 Å². The highest BCUT2D eigenvalue weighted by Crippen LogP contribution is 2.31. The molecule has 0 aliphatic rings. The smallest absolute Gasteiger partial charge is 0.240 e. The van der Waals surface area contributed by atoms with Gasteiger partial charge in [0.1, 0.15) is 5.75 Å². The molecule has 0 aliphatic carbocycles. The first-order chi connectivity index (χ1) is 12.1. The largest absolute Gasteiger partial charge is 0.496 e. The molecule has 0 radical (unpaired) electrons. The lowest BCUT2D eigenvalue weighted by Crippen LogP contribution is -2.27. The molecule has 1 aromatic heterocycles. The summed E-state index contributed by atoms with van der Waals surface area (Å²) in [5, 5.41) is 4.37. The fraction of sp³-hybridized carbons (Fsp3) is 0.526. The Balaban J connectivity index is 2.23. The average Bonchev–Trinajstić information content (AvgIpc) is 2.79. The first-order valence-electron chi connectivity index (χ1n) is 8.75. The summed E-state index contributed by atoms with van der Waals surface area (Å²) in [4.78, 5) is 0.307. The third-order valence-electron chi connectivity index (χ3n) is 4.76. The van der Waals surface area contributed by atoms with Crippen molar-refractivity contribution in [2.45, 2.75) is 51.9 Å². The molecule has 7 heteroatoms. The molecule has 0 saturated heterocycles. The minimum atomic E-state index is -3.59. The SMILES string of the molecule is COc1cc(C)c(S(=O)(=O)NCCc2c(C)nn(C)c2C)cc1C(C)C. The van der Waals surface area contributed by atoms with Gasteiger partial charge in [-0.2, -0.15) is 5.10 Å². The van der Waals surface area contributed by atoms with Gasteiger partial charge < -0.3 is 4.74 Å². The van der Waals surface area contributed by atoms with Gasteiger partial charge in [0.25, 0.3) is 0 Å². The molecule has 0 saturated carbocycles. The predicted molar refractivity (Wildman–Crippen MR) is 103 cm³/mol. The summed E-state index contributed by atoms with van der Waals surface area (Å²) in [6.07, 6.45) is 0.608. The summed E-state index contributed by atoms with van der Waals surface area (Å²) in [6, 6.07) is 3.51. The number of hydrogen-bond acceptors (Lipinski definition) is 4. The molecule has 144 valence electrons. The molecule has 1 heterocycles. The van der Waals surface area contributed by atoms with E-state index in [2.05, 4.69) is 9.82 Å². The van der Waals surface area contributed by atoms with Crippen LogP contribution in [-0.4, -0.2) is 31.9 Å². The van der Waals surface area contributed by atoms with Crippen molar-refractivity contribution in [1.82, 2.24) is 14.5 Å². The summed E-state index contributed by atoms with van der Waals surface area (Å²) in [5.41, 5.74) is 4.64. The summed E-state index contributed by atoms with van der Waals surface area (Å²) in [5.74, 6) is 0.887. The van der Waals surface area contributed by atoms with Gasteiger partial charge in [-0.1, -0.05) is 13.8 Å². The molecule has 1 N–H and O–H groups in total. The lowest BCUT2D eigenvalue weighted by molar-refractivity contribution is 0.406. The molecule has 0 spiro atoms. The van der Waals surface area contributed by atoms with Crippen molar-refractivity contribution in [3.05, 3.63) is 40.2 Å². The predicted octanol–water partition coefficient (Wildman–Crippen LogP) is 3.00. The molecule has 0 atom stereocenters. The van der Waals surface area contributed by atoms with Crippen LogP contribution in [0.5, 0.6) is 5.75 Å². The molecule has 2 rings (SSSR count). The van der Waals surface area contributed by atoms with Crippen LogP contribution in [0.3, 0.4) is 0 Å². The molecule has 0 bridgehead atoms. The summed E-state index contributed by atoms with van der Waals surface area (Å²) < 4.78 is 35.6. The zero-order chi connectivity index (χ0) is 19.6.